The molecule has 0 unspecified atom stereocenters. The Labute approximate surface area is 164 Å². The van der Waals surface area contributed by atoms with E-state index in [1.54, 1.807) is 6.20 Å². The zero-order valence-electron chi connectivity index (χ0n) is 16.3. The molecule has 0 amide bonds. The van der Waals surface area contributed by atoms with Gasteiger partial charge in [0.1, 0.15) is 0 Å². The molecule has 0 spiro atoms. The monoisotopic (exact) mass is 370 g/mol. The van der Waals surface area contributed by atoms with Gasteiger partial charge in [0.25, 0.3) is 0 Å². The van der Waals surface area contributed by atoms with Crippen LogP contribution in [0.15, 0.2) is 67.0 Å². The zero-order chi connectivity index (χ0) is 19.7. The van der Waals surface area contributed by atoms with Crippen LogP contribution >= 0.6 is 0 Å². The second-order valence-electron chi connectivity index (χ2n) is 6.96. The number of carbonyl (C=O) groups is 1. The summed E-state index contributed by atoms with van der Waals surface area (Å²) < 4.78 is 7.27. The van der Waals surface area contributed by atoms with E-state index in [2.05, 4.69) is 46.8 Å². The summed E-state index contributed by atoms with van der Waals surface area (Å²) in [6.07, 6.45) is 3.68. The second kappa shape index (κ2) is 7.31. The summed E-state index contributed by atoms with van der Waals surface area (Å²) in [4.78, 5) is 16.5. The van der Waals surface area contributed by atoms with E-state index in [9.17, 15) is 4.79 Å². The van der Waals surface area contributed by atoms with Crippen LogP contribution in [0, 0.1) is 13.8 Å². The van der Waals surface area contributed by atoms with Crippen LogP contribution in [0.25, 0.3) is 22.2 Å². The lowest BCUT2D eigenvalue weighted by Gasteiger charge is -2.17. The molecule has 2 heterocycles. The number of para-hydroxylation sites is 1. The van der Waals surface area contributed by atoms with Crippen molar-refractivity contribution in [1.82, 2.24) is 9.55 Å². The van der Waals surface area contributed by atoms with Gasteiger partial charge in [0.2, 0.25) is 0 Å². The summed E-state index contributed by atoms with van der Waals surface area (Å²) in [6, 6.07) is 18.4. The molecule has 0 aliphatic rings. The molecule has 0 saturated heterocycles. The van der Waals surface area contributed by atoms with Crippen LogP contribution in [0.3, 0.4) is 0 Å². The Kier molecular flexibility index (Phi) is 4.70. The SMILES string of the molecule is COC(=O)c1ccc(C)c(-c2cc3ccccc3n2Cc2cccnc2)c1C. The molecule has 2 aromatic heterocycles. The molecule has 0 aliphatic carbocycles. The summed E-state index contributed by atoms with van der Waals surface area (Å²) in [5, 5.41) is 1.17. The molecular weight excluding hydrogens is 348 g/mol. The van der Waals surface area contributed by atoms with Crippen LogP contribution in [-0.4, -0.2) is 22.6 Å². The highest BCUT2D eigenvalue weighted by atomic mass is 16.5. The van der Waals surface area contributed by atoms with Crippen molar-refractivity contribution in [3.8, 4) is 11.3 Å². The first-order chi connectivity index (χ1) is 13.6. The minimum atomic E-state index is -0.311. The molecule has 0 bridgehead atoms. The average Bonchev–Trinajstić information content (AvgIpc) is 3.06. The summed E-state index contributed by atoms with van der Waals surface area (Å²) in [7, 11) is 1.42. The normalized spacial score (nSPS) is 11.0. The molecule has 2 aromatic carbocycles. The summed E-state index contributed by atoms with van der Waals surface area (Å²) in [5.41, 5.74) is 7.10. The number of rotatable bonds is 4. The van der Waals surface area contributed by atoms with Gasteiger partial charge in [0.05, 0.1) is 12.7 Å². The van der Waals surface area contributed by atoms with Gasteiger partial charge in [0.15, 0.2) is 0 Å². The lowest BCUT2D eigenvalue weighted by molar-refractivity contribution is 0.0600. The van der Waals surface area contributed by atoms with E-state index in [0.717, 1.165) is 33.5 Å². The molecule has 0 fully saturated rings. The third-order valence-corrected chi connectivity index (χ3v) is 5.21. The van der Waals surface area contributed by atoms with Gasteiger partial charge >= 0.3 is 5.97 Å². The maximum Gasteiger partial charge on any atom is 0.338 e. The van der Waals surface area contributed by atoms with E-state index in [-0.39, 0.29) is 5.97 Å². The number of pyridine rings is 1. The van der Waals surface area contributed by atoms with Gasteiger partial charge in [-0.25, -0.2) is 4.79 Å². The number of fused-ring (bicyclic) bond motifs is 1. The van der Waals surface area contributed by atoms with E-state index in [0.29, 0.717) is 12.1 Å². The number of hydrogen-bond acceptors (Lipinski definition) is 3. The third-order valence-electron chi connectivity index (χ3n) is 5.21. The number of esters is 1. The Bertz CT molecular complexity index is 1160. The topological polar surface area (TPSA) is 44.1 Å². The van der Waals surface area contributed by atoms with Crippen molar-refractivity contribution in [2.45, 2.75) is 20.4 Å². The molecule has 4 heteroatoms. The summed E-state index contributed by atoms with van der Waals surface area (Å²) in [5.74, 6) is -0.311. The molecule has 0 aliphatic heterocycles. The number of carbonyl (C=O) groups excluding carboxylic acids is 1. The van der Waals surface area contributed by atoms with Crippen LogP contribution in [0.1, 0.15) is 27.0 Å². The summed E-state index contributed by atoms with van der Waals surface area (Å²) in [6.45, 7) is 4.77. The molecule has 0 N–H and O–H groups in total. The molecular formula is C24H22N2O2. The van der Waals surface area contributed by atoms with E-state index in [4.69, 9.17) is 4.74 Å². The van der Waals surface area contributed by atoms with Crippen molar-refractivity contribution < 1.29 is 9.53 Å². The fraction of sp³-hybridized carbons (Fsp3) is 0.167. The lowest BCUT2D eigenvalue weighted by Crippen LogP contribution is -2.08. The quantitative estimate of drug-likeness (QED) is 0.466. The number of nitrogens with zero attached hydrogens (tertiary/aromatic N) is 2. The van der Waals surface area contributed by atoms with Crippen molar-refractivity contribution in [3.63, 3.8) is 0 Å². The Balaban J connectivity index is 1.97. The van der Waals surface area contributed by atoms with E-state index in [1.165, 1.54) is 12.5 Å². The van der Waals surface area contributed by atoms with E-state index < -0.39 is 0 Å². The first-order valence-corrected chi connectivity index (χ1v) is 9.26. The minimum absolute atomic E-state index is 0.311. The van der Waals surface area contributed by atoms with Gasteiger partial charge in [-0.15, -0.1) is 0 Å². The fourth-order valence-corrected chi connectivity index (χ4v) is 3.83. The van der Waals surface area contributed by atoms with Crippen LogP contribution in [0.4, 0.5) is 0 Å². The largest absolute Gasteiger partial charge is 0.465 e. The van der Waals surface area contributed by atoms with Crippen LogP contribution in [0.5, 0.6) is 0 Å². The average molecular weight is 370 g/mol. The number of ether oxygens (including phenoxy) is 1. The van der Waals surface area contributed by atoms with Crippen LogP contribution < -0.4 is 0 Å². The van der Waals surface area contributed by atoms with Crippen molar-refractivity contribution in [1.29, 1.82) is 0 Å². The fourth-order valence-electron chi connectivity index (χ4n) is 3.83. The van der Waals surface area contributed by atoms with Gasteiger partial charge in [-0.1, -0.05) is 30.3 Å². The van der Waals surface area contributed by atoms with Crippen molar-refractivity contribution in [3.05, 3.63) is 89.2 Å². The van der Waals surface area contributed by atoms with Gasteiger partial charge in [-0.2, -0.15) is 0 Å². The second-order valence-corrected chi connectivity index (χ2v) is 6.96. The van der Waals surface area contributed by atoms with E-state index >= 15 is 0 Å². The molecule has 140 valence electrons. The van der Waals surface area contributed by atoms with E-state index in [1.807, 2.05) is 37.4 Å². The van der Waals surface area contributed by atoms with Gasteiger partial charge in [-0.3, -0.25) is 4.98 Å². The Hall–Kier alpha value is -3.40. The first-order valence-electron chi connectivity index (χ1n) is 9.26. The van der Waals surface area contributed by atoms with Crippen molar-refractivity contribution in [2.75, 3.05) is 7.11 Å². The number of aromatic nitrogens is 2. The highest BCUT2D eigenvalue weighted by Crippen LogP contribution is 2.34. The van der Waals surface area contributed by atoms with Crippen molar-refractivity contribution in [2.24, 2.45) is 0 Å². The van der Waals surface area contributed by atoms with Gasteiger partial charge in [0, 0.05) is 41.1 Å². The maximum atomic E-state index is 12.2. The van der Waals surface area contributed by atoms with Crippen LogP contribution in [-0.2, 0) is 11.3 Å². The number of methoxy groups -OCH3 is 1. The number of benzene rings is 2. The van der Waals surface area contributed by atoms with Crippen LogP contribution in [0.2, 0.25) is 0 Å². The van der Waals surface area contributed by atoms with Crippen molar-refractivity contribution >= 4 is 16.9 Å². The Morgan fingerprint density at radius 1 is 1.07 bits per heavy atom. The predicted molar refractivity (Wildman–Crippen MR) is 112 cm³/mol. The molecule has 0 atom stereocenters. The number of aryl methyl sites for hydroxylation is 1. The molecule has 28 heavy (non-hydrogen) atoms. The van der Waals surface area contributed by atoms with Gasteiger partial charge in [-0.05, 0) is 54.8 Å². The van der Waals surface area contributed by atoms with Gasteiger partial charge < -0.3 is 9.30 Å². The Morgan fingerprint density at radius 2 is 1.89 bits per heavy atom. The highest BCUT2D eigenvalue weighted by Gasteiger charge is 2.19. The molecule has 4 nitrogen and oxygen atoms in total. The maximum absolute atomic E-state index is 12.2. The molecule has 0 radical (unpaired) electrons. The molecule has 4 aromatic rings. The smallest absolute Gasteiger partial charge is 0.338 e. The highest BCUT2D eigenvalue weighted by molar-refractivity contribution is 5.95. The molecule has 4 rings (SSSR count). The standard InChI is InChI=1S/C24H22N2O2/c1-16-10-11-20(24(27)28-3)17(2)23(16)22-13-19-8-4-5-9-21(19)26(22)15-18-7-6-12-25-14-18/h4-14H,15H2,1-3H3. The Morgan fingerprint density at radius 3 is 2.64 bits per heavy atom. The summed E-state index contributed by atoms with van der Waals surface area (Å²) >= 11 is 0. The molecule has 0 saturated carbocycles. The third kappa shape index (κ3) is 3.07. The predicted octanol–water partition coefficient (Wildman–Crippen LogP) is 5.16. The zero-order valence-corrected chi connectivity index (χ0v) is 16.3. The first kappa shape index (κ1) is 18.0. The minimum Gasteiger partial charge on any atom is -0.465 e. The number of hydrogen-bond donors (Lipinski definition) is 0. The lowest BCUT2D eigenvalue weighted by atomic mass is 9.95.